The van der Waals surface area contributed by atoms with Crippen LogP contribution in [0.5, 0.6) is 5.75 Å². The Morgan fingerprint density at radius 1 is 1.48 bits per heavy atom. The van der Waals surface area contributed by atoms with E-state index in [4.69, 9.17) is 9.84 Å². The summed E-state index contributed by atoms with van der Waals surface area (Å²) in [7, 11) is 0. The molecule has 0 fully saturated rings. The molecule has 0 aromatic heterocycles. The summed E-state index contributed by atoms with van der Waals surface area (Å²) in [5.41, 5.74) is 0.969. The molecule has 1 heterocycles. The highest BCUT2D eigenvalue weighted by atomic mass is 19.3. The van der Waals surface area contributed by atoms with Crippen LogP contribution in [-0.4, -0.2) is 54.8 Å². The molecule has 1 aromatic carbocycles. The monoisotopic (exact) mass is 300 g/mol. The third-order valence-electron chi connectivity index (χ3n) is 3.22. The number of alkyl halides is 2. The highest BCUT2D eigenvalue weighted by Gasteiger charge is 2.24. The summed E-state index contributed by atoms with van der Waals surface area (Å²) in [6.45, 7) is -0.884. The molecule has 0 bridgehead atoms. The Hall–Kier alpha value is -1.89. The summed E-state index contributed by atoms with van der Waals surface area (Å²) in [4.78, 5) is 12.9. The summed E-state index contributed by atoms with van der Waals surface area (Å²) in [6.07, 6.45) is -2.05. The highest BCUT2D eigenvalue weighted by molar-refractivity contribution is 5.74. The number of carbonyl (C=O) groups is 1. The predicted octanol–water partition coefficient (Wildman–Crippen LogP) is 1.26. The Balaban J connectivity index is 1.93. The third-order valence-corrected chi connectivity index (χ3v) is 3.22. The van der Waals surface area contributed by atoms with Gasteiger partial charge in [-0.15, -0.1) is 0 Å². The zero-order chi connectivity index (χ0) is 15.2. The molecule has 1 aromatic rings. The molecule has 0 saturated heterocycles. The van der Waals surface area contributed by atoms with Crippen molar-refractivity contribution in [2.24, 2.45) is 0 Å². The average molecular weight is 300 g/mol. The number of rotatable bonds is 5. The smallest absolute Gasteiger partial charge is 0.318 e. The van der Waals surface area contributed by atoms with Gasteiger partial charge in [-0.3, -0.25) is 0 Å². The third kappa shape index (κ3) is 4.29. The molecule has 1 unspecified atom stereocenters. The molecule has 5 nitrogen and oxygen atoms in total. The number of ether oxygens (including phenoxy) is 1. The Kier molecular flexibility index (Phi) is 5.32. The van der Waals surface area contributed by atoms with E-state index in [1.807, 2.05) is 24.3 Å². The molecule has 2 N–H and O–H groups in total. The summed E-state index contributed by atoms with van der Waals surface area (Å²) in [5.74, 6) is 0.780. The maximum Gasteiger partial charge on any atom is 0.318 e. The van der Waals surface area contributed by atoms with Gasteiger partial charge in [0.25, 0.3) is 6.43 Å². The fourth-order valence-corrected chi connectivity index (χ4v) is 2.25. The van der Waals surface area contributed by atoms with Crippen molar-refractivity contribution in [1.29, 1.82) is 0 Å². The zero-order valence-corrected chi connectivity index (χ0v) is 11.5. The number of para-hydroxylation sites is 1. The molecule has 1 aliphatic heterocycles. The van der Waals surface area contributed by atoms with E-state index in [9.17, 15) is 13.6 Å². The predicted molar refractivity (Wildman–Crippen MR) is 72.6 cm³/mol. The van der Waals surface area contributed by atoms with Crippen LogP contribution in [0, 0.1) is 0 Å². The number of benzene rings is 1. The summed E-state index contributed by atoms with van der Waals surface area (Å²) >= 11 is 0. The second-order valence-electron chi connectivity index (χ2n) is 4.83. The Labute approximate surface area is 121 Å². The number of halogens is 2. The van der Waals surface area contributed by atoms with Crippen LogP contribution in [0.25, 0.3) is 0 Å². The first-order valence-electron chi connectivity index (χ1n) is 6.75. The van der Waals surface area contributed by atoms with E-state index in [1.54, 1.807) is 0 Å². The number of nitrogens with one attached hydrogen (secondary N) is 1. The molecule has 7 heteroatoms. The van der Waals surface area contributed by atoms with Crippen LogP contribution >= 0.6 is 0 Å². The van der Waals surface area contributed by atoms with Gasteiger partial charge in [-0.2, -0.15) is 0 Å². The second kappa shape index (κ2) is 7.21. The van der Waals surface area contributed by atoms with Gasteiger partial charge in [0.15, 0.2) is 0 Å². The van der Waals surface area contributed by atoms with E-state index in [0.717, 1.165) is 16.2 Å². The fourth-order valence-electron chi connectivity index (χ4n) is 2.25. The maximum absolute atomic E-state index is 12.4. The zero-order valence-electron chi connectivity index (χ0n) is 11.5. The van der Waals surface area contributed by atoms with Gasteiger partial charge in [0.05, 0.1) is 19.2 Å². The van der Waals surface area contributed by atoms with E-state index in [-0.39, 0.29) is 19.2 Å². The number of fused-ring (bicyclic) bond motifs is 1. The lowest BCUT2D eigenvalue weighted by atomic mass is 10.0. The standard InChI is InChI=1S/C14H18F2N2O3/c15-13(16)8-18(5-6-19)14(20)17-11-7-10-3-1-2-4-12(10)21-9-11/h1-4,11,13,19H,5-9H2,(H,17,20). The SMILES string of the molecule is O=C(NC1COc2ccccc2C1)N(CCO)CC(F)F. The number of hydrogen-bond acceptors (Lipinski definition) is 3. The topological polar surface area (TPSA) is 61.8 Å². The van der Waals surface area contributed by atoms with Crippen molar-refractivity contribution in [3.8, 4) is 5.75 Å². The summed E-state index contributed by atoms with van der Waals surface area (Å²) in [6, 6.07) is 6.61. The van der Waals surface area contributed by atoms with Crippen molar-refractivity contribution in [2.45, 2.75) is 18.9 Å². The Bertz CT molecular complexity index is 485. The number of amides is 2. The summed E-state index contributed by atoms with van der Waals surface area (Å²) in [5, 5.41) is 11.5. The first-order chi connectivity index (χ1) is 10.1. The van der Waals surface area contributed by atoms with Crippen LogP contribution in [0.15, 0.2) is 24.3 Å². The number of aliphatic hydroxyl groups excluding tert-OH is 1. The minimum Gasteiger partial charge on any atom is -0.491 e. The van der Waals surface area contributed by atoms with Crippen molar-refractivity contribution < 1.29 is 23.4 Å². The minimum atomic E-state index is -2.63. The number of carbonyl (C=O) groups excluding carboxylic acids is 1. The van der Waals surface area contributed by atoms with Crippen molar-refractivity contribution in [3.05, 3.63) is 29.8 Å². The van der Waals surface area contributed by atoms with Crippen LogP contribution in [0.2, 0.25) is 0 Å². The Morgan fingerprint density at radius 2 is 2.24 bits per heavy atom. The molecule has 21 heavy (non-hydrogen) atoms. The molecule has 2 rings (SSSR count). The first kappa shape index (κ1) is 15.5. The van der Waals surface area contributed by atoms with Gasteiger partial charge in [-0.25, -0.2) is 13.6 Å². The summed E-state index contributed by atoms with van der Waals surface area (Å²) < 4.78 is 30.4. The fraction of sp³-hybridized carbons (Fsp3) is 0.500. The molecule has 0 radical (unpaired) electrons. The molecule has 1 atom stereocenters. The lowest BCUT2D eigenvalue weighted by Crippen LogP contribution is -2.50. The minimum absolute atomic E-state index is 0.125. The van der Waals surface area contributed by atoms with E-state index in [0.29, 0.717) is 13.0 Å². The van der Waals surface area contributed by atoms with Gasteiger partial charge in [-0.1, -0.05) is 18.2 Å². The molecular formula is C14H18F2N2O3. The van der Waals surface area contributed by atoms with Crippen LogP contribution in [-0.2, 0) is 6.42 Å². The number of urea groups is 1. The van der Waals surface area contributed by atoms with Gasteiger partial charge in [-0.05, 0) is 18.1 Å². The molecule has 0 aliphatic carbocycles. The highest BCUT2D eigenvalue weighted by Crippen LogP contribution is 2.23. The van der Waals surface area contributed by atoms with Crippen LogP contribution in [0.1, 0.15) is 5.56 Å². The number of aliphatic hydroxyl groups is 1. The number of nitrogens with zero attached hydrogens (tertiary/aromatic N) is 1. The number of hydrogen-bond donors (Lipinski definition) is 2. The molecular weight excluding hydrogens is 282 g/mol. The quantitative estimate of drug-likeness (QED) is 0.860. The van der Waals surface area contributed by atoms with Gasteiger partial charge >= 0.3 is 6.03 Å². The van der Waals surface area contributed by atoms with Crippen LogP contribution in [0.4, 0.5) is 13.6 Å². The van der Waals surface area contributed by atoms with Crippen molar-refractivity contribution >= 4 is 6.03 Å². The normalized spacial score (nSPS) is 17.0. The van der Waals surface area contributed by atoms with E-state index >= 15 is 0 Å². The average Bonchev–Trinajstić information content (AvgIpc) is 2.46. The van der Waals surface area contributed by atoms with E-state index in [2.05, 4.69) is 5.32 Å². The molecule has 0 saturated carbocycles. The van der Waals surface area contributed by atoms with Gasteiger partial charge in [0.2, 0.25) is 0 Å². The first-order valence-corrected chi connectivity index (χ1v) is 6.75. The van der Waals surface area contributed by atoms with Crippen molar-refractivity contribution in [1.82, 2.24) is 10.2 Å². The van der Waals surface area contributed by atoms with Gasteiger partial charge in [0, 0.05) is 6.54 Å². The Morgan fingerprint density at radius 3 is 2.95 bits per heavy atom. The maximum atomic E-state index is 12.4. The lowest BCUT2D eigenvalue weighted by Gasteiger charge is -2.29. The van der Waals surface area contributed by atoms with Gasteiger partial charge in [0.1, 0.15) is 12.4 Å². The molecule has 0 spiro atoms. The van der Waals surface area contributed by atoms with Crippen LogP contribution < -0.4 is 10.1 Å². The van der Waals surface area contributed by atoms with Crippen molar-refractivity contribution in [2.75, 3.05) is 26.3 Å². The van der Waals surface area contributed by atoms with E-state index in [1.165, 1.54) is 0 Å². The van der Waals surface area contributed by atoms with Crippen molar-refractivity contribution in [3.63, 3.8) is 0 Å². The van der Waals surface area contributed by atoms with E-state index < -0.39 is 19.0 Å². The second-order valence-corrected chi connectivity index (χ2v) is 4.83. The molecule has 116 valence electrons. The van der Waals surface area contributed by atoms with Crippen LogP contribution in [0.3, 0.4) is 0 Å². The molecule has 1 aliphatic rings. The largest absolute Gasteiger partial charge is 0.491 e. The van der Waals surface area contributed by atoms with Gasteiger partial charge < -0.3 is 20.1 Å². The lowest BCUT2D eigenvalue weighted by molar-refractivity contribution is 0.0881. The molecule has 2 amide bonds.